The Kier molecular flexibility index (Phi) is 4.44. The van der Waals surface area contributed by atoms with Crippen LogP contribution < -0.4 is 4.90 Å². The fraction of sp³-hybridized carbons (Fsp3) is 0.615. The molecule has 3 rings (SSSR count). The fourth-order valence-electron chi connectivity index (χ4n) is 2.50. The highest BCUT2D eigenvalue weighted by atomic mass is 35.5. The van der Waals surface area contributed by atoms with Gasteiger partial charge in [0, 0.05) is 38.4 Å². The highest BCUT2D eigenvalue weighted by Crippen LogP contribution is 2.30. The van der Waals surface area contributed by atoms with E-state index in [4.69, 9.17) is 0 Å². The van der Waals surface area contributed by atoms with Crippen molar-refractivity contribution in [2.75, 3.05) is 31.1 Å². The largest absolute Gasteiger partial charge is 0.417 e. The zero-order valence-corrected chi connectivity index (χ0v) is 11.8. The van der Waals surface area contributed by atoms with Gasteiger partial charge in [-0.05, 0) is 25.0 Å². The van der Waals surface area contributed by atoms with Crippen LogP contribution in [0.3, 0.4) is 0 Å². The summed E-state index contributed by atoms with van der Waals surface area (Å²) in [5.41, 5.74) is -0.687. The molecule has 3 nitrogen and oxygen atoms in total. The Morgan fingerprint density at radius 2 is 1.70 bits per heavy atom. The van der Waals surface area contributed by atoms with Gasteiger partial charge >= 0.3 is 6.18 Å². The molecule has 0 bridgehead atoms. The lowest BCUT2D eigenvalue weighted by Gasteiger charge is -2.35. The summed E-state index contributed by atoms with van der Waals surface area (Å²) in [5, 5.41) is 0. The second-order valence-corrected chi connectivity index (χ2v) is 5.16. The number of hydrogen-bond donors (Lipinski definition) is 0. The minimum Gasteiger partial charge on any atom is -0.354 e. The maximum atomic E-state index is 12.4. The summed E-state index contributed by atoms with van der Waals surface area (Å²) in [4.78, 5) is 8.46. The Labute approximate surface area is 122 Å². The molecular formula is C13H17ClF3N3. The molecule has 112 valence electrons. The summed E-state index contributed by atoms with van der Waals surface area (Å²) in [7, 11) is 0. The van der Waals surface area contributed by atoms with Crippen LogP contribution in [0.4, 0.5) is 19.0 Å². The average molecular weight is 308 g/mol. The van der Waals surface area contributed by atoms with Gasteiger partial charge in [0.05, 0.1) is 5.56 Å². The standard InChI is InChI=1S/C13H16F3N3.ClH/c14-13(15,16)10-1-4-12(17-9-10)19-7-5-18(6-8-19)11-2-3-11;/h1,4,9,11H,2-3,5-8H2;1H. The van der Waals surface area contributed by atoms with E-state index in [-0.39, 0.29) is 12.4 Å². The van der Waals surface area contributed by atoms with Crippen LogP contribution in [0.25, 0.3) is 0 Å². The maximum absolute atomic E-state index is 12.4. The lowest BCUT2D eigenvalue weighted by atomic mass is 10.2. The molecule has 0 atom stereocenters. The van der Waals surface area contributed by atoms with Crippen molar-refractivity contribution in [2.24, 2.45) is 0 Å². The number of nitrogens with zero attached hydrogens (tertiary/aromatic N) is 3. The molecule has 1 aliphatic carbocycles. The third kappa shape index (κ3) is 3.35. The average Bonchev–Trinajstić information content (AvgIpc) is 3.22. The molecule has 0 spiro atoms. The molecule has 1 saturated heterocycles. The Morgan fingerprint density at radius 1 is 1.05 bits per heavy atom. The molecule has 0 aromatic carbocycles. The Balaban J connectivity index is 0.00000147. The molecule has 2 fully saturated rings. The smallest absolute Gasteiger partial charge is 0.354 e. The molecule has 20 heavy (non-hydrogen) atoms. The number of anilines is 1. The van der Waals surface area contributed by atoms with Crippen LogP contribution in [-0.2, 0) is 6.18 Å². The molecule has 2 aliphatic rings. The third-order valence-electron chi connectivity index (χ3n) is 3.78. The van der Waals surface area contributed by atoms with Crippen molar-refractivity contribution in [3.8, 4) is 0 Å². The predicted molar refractivity (Wildman–Crippen MR) is 73.3 cm³/mol. The highest BCUT2D eigenvalue weighted by Gasteiger charge is 2.32. The second kappa shape index (κ2) is 5.77. The highest BCUT2D eigenvalue weighted by molar-refractivity contribution is 5.85. The van der Waals surface area contributed by atoms with Gasteiger partial charge in [-0.3, -0.25) is 4.90 Å². The van der Waals surface area contributed by atoms with Gasteiger partial charge in [0.25, 0.3) is 0 Å². The van der Waals surface area contributed by atoms with Crippen LogP contribution in [0.2, 0.25) is 0 Å². The lowest BCUT2D eigenvalue weighted by molar-refractivity contribution is -0.137. The van der Waals surface area contributed by atoms with E-state index in [0.29, 0.717) is 5.82 Å². The number of halogens is 4. The molecule has 0 radical (unpaired) electrons. The van der Waals surface area contributed by atoms with E-state index < -0.39 is 11.7 Å². The van der Waals surface area contributed by atoms with E-state index in [1.165, 1.54) is 18.9 Å². The van der Waals surface area contributed by atoms with Crippen LogP contribution in [0, 0.1) is 0 Å². The Hall–Kier alpha value is -1.01. The lowest BCUT2D eigenvalue weighted by Crippen LogP contribution is -2.47. The van der Waals surface area contributed by atoms with Gasteiger partial charge in [0.2, 0.25) is 0 Å². The van der Waals surface area contributed by atoms with Crippen molar-refractivity contribution in [3.05, 3.63) is 23.9 Å². The minimum atomic E-state index is -4.31. The summed E-state index contributed by atoms with van der Waals surface area (Å²) in [6.45, 7) is 3.64. The Morgan fingerprint density at radius 3 is 2.15 bits per heavy atom. The van der Waals surface area contributed by atoms with Crippen LogP contribution in [0.5, 0.6) is 0 Å². The van der Waals surface area contributed by atoms with E-state index in [0.717, 1.165) is 44.5 Å². The maximum Gasteiger partial charge on any atom is 0.417 e. The minimum absolute atomic E-state index is 0. The number of aromatic nitrogens is 1. The van der Waals surface area contributed by atoms with E-state index in [9.17, 15) is 13.2 Å². The van der Waals surface area contributed by atoms with Gasteiger partial charge in [-0.2, -0.15) is 13.2 Å². The first kappa shape index (κ1) is 15.4. The van der Waals surface area contributed by atoms with Gasteiger partial charge in [-0.25, -0.2) is 4.98 Å². The second-order valence-electron chi connectivity index (χ2n) is 5.16. The van der Waals surface area contributed by atoms with Crippen molar-refractivity contribution in [2.45, 2.75) is 25.1 Å². The predicted octanol–water partition coefficient (Wildman–Crippen LogP) is 2.81. The van der Waals surface area contributed by atoms with Crippen molar-refractivity contribution in [1.82, 2.24) is 9.88 Å². The number of rotatable bonds is 2. The van der Waals surface area contributed by atoms with E-state index in [1.54, 1.807) is 0 Å². The third-order valence-corrected chi connectivity index (χ3v) is 3.78. The summed E-state index contributed by atoms with van der Waals surface area (Å²) in [6, 6.07) is 3.33. The molecule has 1 aromatic rings. The van der Waals surface area contributed by atoms with Crippen LogP contribution in [0.15, 0.2) is 18.3 Å². The summed E-state index contributed by atoms with van der Waals surface area (Å²) in [6.07, 6.45) is -0.810. The molecule has 1 saturated carbocycles. The molecule has 1 aromatic heterocycles. The zero-order chi connectivity index (χ0) is 13.5. The first-order valence-electron chi connectivity index (χ1n) is 6.56. The molecule has 2 heterocycles. The van der Waals surface area contributed by atoms with Crippen molar-refractivity contribution in [3.63, 3.8) is 0 Å². The molecule has 0 N–H and O–H groups in total. The molecule has 0 unspecified atom stereocenters. The zero-order valence-electron chi connectivity index (χ0n) is 10.9. The fourth-order valence-corrected chi connectivity index (χ4v) is 2.50. The summed E-state index contributed by atoms with van der Waals surface area (Å²) >= 11 is 0. The first-order chi connectivity index (χ1) is 9.04. The number of hydrogen-bond acceptors (Lipinski definition) is 3. The van der Waals surface area contributed by atoms with Gasteiger partial charge in [0.1, 0.15) is 5.82 Å². The monoisotopic (exact) mass is 307 g/mol. The van der Waals surface area contributed by atoms with Crippen LogP contribution in [-0.4, -0.2) is 42.1 Å². The molecule has 7 heteroatoms. The quantitative estimate of drug-likeness (QED) is 0.837. The Bertz CT molecular complexity index is 437. The van der Waals surface area contributed by atoms with Gasteiger partial charge in [0.15, 0.2) is 0 Å². The summed E-state index contributed by atoms with van der Waals surface area (Å²) in [5.74, 6) is 0.642. The van der Waals surface area contributed by atoms with Gasteiger partial charge in [-0.1, -0.05) is 0 Å². The van der Waals surface area contributed by atoms with Gasteiger partial charge in [-0.15, -0.1) is 12.4 Å². The van der Waals surface area contributed by atoms with Crippen molar-refractivity contribution < 1.29 is 13.2 Å². The summed E-state index contributed by atoms with van der Waals surface area (Å²) < 4.78 is 37.3. The topological polar surface area (TPSA) is 19.4 Å². The number of pyridine rings is 1. The van der Waals surface area contributed by atoms with E-state index in [2.05, 4.69) is 14.8 Å². The van der Waals surface area contributed by atoms with E-state index in [1.807, 2.05) is 0 Å². The van der Waals surface area contributed by atoms with E-state index >= 15 is 0 Å². The number of piperazine rings is 1. The number of alkyl halides is 3. The van der Waals surface area contributed by atoms with Crippen molar-refractivity contribution in [1.29, 1.82) is 0 Å². The van der Waals surface area contributed by atoms with Gasteiger partial charge < -0.3 is 4.90 Å². The first-order valence-corrected chi connectivity index (χ1v) is 6.56. The SMILES string of the molecule is Cl.FC(F)(F)c1ccc(N2CCN(C3CC3)CC2)nc1. The molecule has 1 aliphatic heterocycles. The van der Waals surface area contributed by atoms with Crippen LogP contribution >= 0.6 is 12.4 Å². The molecule has 0 amide bonds. The van der Waals surface area contributed by atoms with Crippen LogP contribution in [0.1, 0.15) is 18.4 Å². The normalized spacial score (nSPS) is 20.6. The van der Waals surface area contributed by atoms with Crippen molar-refractivity contribution >= 4 is 18.2 Å². The molecular weight excluding hydrogens is 291 g/mol.